The van der Waals surface area contributed by atoms with Gasteiger partial charge in [0.05, 0.1) is 24.3 Å². The van der Waals surface area contributed by atoms with Gasteiger partial charge >= 0.3 is 6.18 Å². The summed E-state index contributed by atoms with van der Waals surface area (Å²) >= 11 is 0. The van der Waals surface area contributed by atoms with Crippen LogP contribution in [0.25, 0.3) is 0 Å². The van der Waals surface area contributed by atoms with E-state index in [2.05, 4.69) is 0 Å². The van der Waals surface area contributed by atoms with Crippen LogP contribution in [-0.2, 0) is 6.18 Å². The summed E-state index contributed by atoms with van der Waals surface area (Å²) in [6.07, 6.45) is 0.490. The highest BCUT2D eigenvalue weighted by Crippen LogP contribution is 2.42. The molecule has 0 unspecified atom stereocenters. The first kappa shape index (κ1) is 25.4. The molecule has 9 heteroatoms. The van der Waals surface area contributed by atoms with E-state index in [1.54, 1.807) is 15.9 Å². The SMILES string of the molecule is COc1ccc(C(=O)N2C[C@@H]3CCN(C(=O)c4ccc(C5CCCCC5)c(C(F)(F)F)c4)[C@@H]3C2)c(O)c1. The van der Waals surface area contributed by atoms with Crippen LogP contribution in [0, 0.1) is 5.92 Å². The molecule has 2 aromatic carbocycles. The first-order chi connectivity index (χ1) is 17.7. The zero-order valence-corrected chi connectivity index (χ0v) is 20.8. The van der Waals surface area contributed by atoms with Crippen LogP contribution < -0.4 is 4.74 Å². The van der Waals surface area contributed by atoms with E-state index in [1.165, 1.54) is 31.4 Å². The standard InChI is InChI=1S/C28H31F3N2O4/c1-37-20-8-10-22(25(34)14-20)27(36)32-15-19-11-12-33(24(19)16-32)26(35)18-7-9-21(17-5-3-2-4-6-17)23(13-18)28(29,30)31/h7-10,13-14,17,19,24,34H,2-6,11-12,15-16H2,1H3/t19-,24+/m0/s1. The predicted molar refractivity (Wildman–Crippen MR) is 131 cm³/mol. The van der Waals surface area contributed by atoms with E-state index in [9.17, 15) is 27.9 Å². The number of ether oxygens (including phenoxy) is 1. The maximum absolute atomic E-state index is 14.0. The van der Waals surface area contributed by atoms with E-state index in [4.69, 9.17) is 4.74 Å². The van der Waals surface area contributed by atoms with Gasteiger partial charge in [-0.25, -0.2) is 0 Å². The van der Waals surface area contributed by atoms with E-state index in [1.807, 2.05) is 0 Å². The minimum atomic E-state index is -4.53. The number of hydrogen-bond acceptors (Lipinski definition) is 4. The van der Waals surface area contributed by atoms with Crippen LogP contribution >= 0.6 is 0 Å². The number of methoxy groups -OCH3 is 1. The number of carbonyl (C=O) groups excluding carboxylic acids is 2. The summed E-state index contributed by atoms with van der Waals surface area (Å²) in [6.45, 7) is 1.13. The molecule has 2 saturated heterocycles. The number of alkyl halides is 3. The van der Waals surface area contributed by atoms with E-state index in [-0.39, 0.29) is 47.2 Å². The maximum atomic E-state index is 14.0. The van der Waals surface area contributed by atoms with Crippen LogP contribution in [0.1, 0.15) is 76.3 Å². The molecule has 2 aliphatic heterocycles. The molecule has 3 aliphatic rings. The highest BCUT2D eigenvalue weighted by molar-refractivity contribution is 5.98. The third-order valence-corrected chi connectivity index (χ3v) is 8.18. The highest BCUT2D eigenvalue weighted by Gasteiger charge is 2.45. The Bertz CT molecular complexity index is 1190. The molecule has 2 heterocycles. The number of phenols is 1. The number of benzene rings is 2. The normalized spacial score (nSPS) is 22.3. The minimum absolute atomic E-state index is 0.0325. The van der Waals surface area contributed by atoms with Gasteiger partial charge in [-0.05, 0) is 55.0 Å². The van der Waals surface area contributed by atoms with Gasteiger partial charge in [0, 0.05) is 37.2 Å². The van der Waals surface area contributed by atoms with E-state index in [0.717, 1.165) is 38.2 Å². The molecule has 6 nitrogen and oxygen atoms in total. The Hall–Kier alpha value is -3.23. The van der Waals surface area contributed by atoms with Crippen molar-refractivity contribution in [3.8, 4) is 11.5 Å². The zero-order chi connectivity index (χ0) is 26.3. The smallest absolute Gasteiger partial charge is 0.416 e. The fourth-order valence-electron chi connectivity index (χ4n) is 6.24. The van der Waals surface area contributed by atoms with E-state index < -0.39 is 17.6 Å². The lowest BCUT2D eigenvalue weighted by atomic mass is 9.81. The molecule has 5 rings (SSSR count). The van der Waals surface area contributed by atoms with Crippen LogP contribution in [-0.4, -0.2) is 59.5 Å². The summed E-state index contributed by atoms with van der Waals surface area (Å²) in [7, 11) is 1.46. The Balaban J connectivity index is 1.34. The van der Waals surface area contributed by atoms with Gasteiger partial charge in [-0.3, -0.25) is 9.59 Å². The van der Waals surface area contributed by atoms with Crippen molar-refractivity contribution in [3.63, 3.8) is 0 Å². The van der Waals surface area contributed by atoms with Gasteiger partial charge in [-0.1, -0.05) is 25.3 Å². The van der Waals surface area contributed by atoms with Crippen molar-refractivity contribution >= 4 is 11.8 Å². The molecule has 0 aromatic heterocycles. The highest BCUT2D eigenvalue weighted by atomic mass is 19.4. The van der Waals surface area contributed by atoms with Crippen molar-refractivity contribution in [3.05, 3.63) is 58.7 Å². The summed E-state index contributed by atoms with van der Waals surface area (Å²) in [5, 5.41) is 10.3. The number of nitrogens with zero attached hydrogens (tertiary/aromatic N) is 2. The largest absolute Gasteiger partial charge is 0.507 e. The Morgan fingerprint density at radius 3 is 2.41 bits per heavy atom. The number of halogens is 3. The Morgan fingerprint density at radius 2 is 1.73 bits per heavy atom. The summed E-state index contributed by atoms with van der Waals surface area (Å²) in [6, 6.07) is 8.24. The van der Waals surface area contributed by atoms with Crippen LogP contribution in [0.3, 0.4) is 0 Å². The Kier molecular flexibility index (Phi) is 6.81. The fraction of sp³-hybridized carbons (Fsp3) is 0.500. The topological polar surface area (TPSA) is 70.1 Å². The van der Waals surface area contributed by atoms with Gasteiger partial charge in [0.15, 0.2) is 0 Å². The van der Waals surface area contributed by atoms with Gasteiger partial charge in [-0.2, -0.15) is 13.2 Å². The molecule has 37 heavy (non-hydrogen) atoms. The molecule has 2 amide bonds. The van der Waals surface area contributed by atoms with Crippen molar-refractivity contribution in [1.82, 2.24) is 9.80 Å². The first-order valence-corrected chi connectivity index (χ1v) is 12.9. The minimum Gasteiger partial charge on any atom is -0.507 e. The number of aromatic hydroxyl groups is 1. The molecule has 3 fully saturated rings. The van der Waals surface area contributed by atoms with Gasteiger partial charge in [0.2, 0.25) is 0 Å². The second-order valence-electron chi connectivity index (χ2n) is 10.3. The zero-order valence-electron chi connectivity index (χ0n) is 20.8. The van der Waals surface area contributed by atoms with Crippen LogP contribution in [0.4, 0.5) is 13.2 Å². The number of phenolic OH excluding ortho intramolecular Hbond substituents is 1. The third-order valence-electron chi connectivity index (χ3n) is 8.18. The van der Waals surface area contributed by atoms with Crippen molar-refractivity contribution < 1.29 is 32.6 Å². The molecule has 0 radical (unpaired) electrons. The van der Waals surface area contributed by atoms with Crippen LogP contribution in [0.2, 0.25) is 0 Å². The lowest BCUT2D eigenvalue weighted by molar-refractivity contribution is -0.138. The van der Waals surface area contributed by atoms with Gasteiger partial charge in [0.1, 0.15) is 11.5 Å². The molecule has 0 spiro atoms. The summed E-state index contributed by atoms with van der Waals surface area (Å²) in [5.41, 5.74) is -0.240. The number of rotatable bonds is 4. The van der Waals surface area contributed by atoms with Crippen molar-refractivity contribution in [2.75, 3.05) is 26.7 Å². The lowest BCUT2D eigenvalue weighted by Crippen LogP contribution is -2.40. The fourth-order valence-corrected chi connectivity index (χ4v) is 6.24. The third kappa shape index (κ3) is 4.88. The predicted octanol–water partition coefficient (Wildman–Crippen LogP) is 5.45. The van der Waals surface area contributed by atoms with Crippen LogP contribution in [0.5, 0.6) is 11.5 Å². The number of amides is 2. The van der Waals surface area contributed by atoms with Crippen LogP contribution in [0.15, 0.2) is 36.4 Å². The van der Waals surface area contributed by atoms with Gasteiger partial charge in [0.25, 0.3) is 11.8 Å². The molecular formula is C28H31F3N2O4. The Morgan fingerprint density at radius 1 is 0.973 bits per heavy atom. The summed E-state index contributed by atoms with van der Waals surface area (Å²) < 4.78 is 47.1. The van der Waals surface area contributed by atoms with Crippen molar-refractivity contribution in [2.45, 2.75) is 56.7 Å². The molecule has 2 atom stereocenters. The van der Waals surface area contributed by atoms with Crippen molar-refractivity contribution in [2.24, 2.45) is 5.92 Å². The number of likely N-dealkylation sites (tertiary alicyclic amines) is 2. The van der Waals surface area contributed by atoms with E-state index >= 15 is 0 Å². The average Bonchev–Trinajstić information content (AvgIpc) is 3.49. The monoisotopic (exact) mass is 516 g/mol. The first-order valence-electron chi connectivity index (χ1n) is 12.9. The lowest BCUT2D eigenvalue weighted by Gasteiger charge is -2.27. The molecule has 2 aromatic rings. The molecule has 1 saturated carbocycles. The summed E-state index contributed by atoms with van der Waals surface area (Å²) in [5.74, 6) is -0.636. The number of hydrogen-bond donors (Lipinski definition) is 1. The van der Waals surface area contributed by atoms with Gasteiger partial charge in [-0.15, -0.1) is 0 Å². The second kappa shape index (κ2) is 9.91. The number of fused-ring (bicyclic) bond motifs is 1. The maximum Gasteiger partial charge on any atom is 0.416 e. The summed E-state index contributed by atoms with van der Waals surface area (Å²) in [4.78, 5) is 29.7. The average molecular weight is 517 g/mol. The molecular weight excluding hydrogens is 485 g/mol. The molecule has 1 aliphatic carbocycles. The quantitative estimate of drug-likeness (QED) is 0.587. The van der Waals surface area contributed by atoms with Gasteiger partial charge < -0.3 is 19.6 Å². The van der Waals surface area contributed by atoms with E-state index in [0.29, 0.717) is 30.8 Å². The molecule has 1 N–H and O–H groups in total. The van der Waals surface area contributed by atoms with Crippen molar-refractivity contribution in [1.29, 1.82) is 0 Å². The number of carbonyl (C=O) groups is 2. The molecule has 198 valence electrons. The Labute approximate surface area is 214 Å². The molecule has 0 bridgehead atoms. The second-order valence-corrected chi connectivity index (χ2v) is 10.3.